The van der Waals surface area contributed by atoms with Crippen LogP contribution in [0.2, 0.25) is 0 Å². The van der Waals surface area contributed by atoms with Gasteiger partial charge in [-0.25, -0.2) is 4.79 Å². The van der Waals surface area contributed by atoms with Crippen molar-refractivity contribution in [2.45, 2.75) is 13.0 Å². The van der Waals surface area contributed by atoms with E-state index >= 15 is 0 Å². The Morgan fingerprint density at radius 3 is 2.57 bits per heavy atom. The Kier molecular flexibility index (Phi) is 6.00. The molecule has 1 saturated heterocycles. The van der Waals surface area contributed by atoms with Crippen LogP contribution >= 0.6 is 11.3 Å². The maximum absolute atomic E-state index is 12.6. The van der Waals surface area contributed by atoms with Crippen molar-refractivity contribution >= 4 is 28.8 Å². The highest BCUT2D eigenvalue weighted by atomic mass is 32.1. The van der Waals surface area contributed by atoms with Crippen LogP contribution in [0.15, 0.2) is 46.6 Å². The largest absolute Gasteiger partial charge is 0.378 e. The first-order valence-corrected chi connectivity index (χ1v) is 10.3. The number of amides is 2. The molecule has 0 saturated carbocycles. The Morgan fingerprint density at radius 1 is 1.10 bits per heavy atom. The van der Waals surface area contributed by atoms with E-state index in [1.54, 1.807) is 29.2 Å². The number of anilines is 1. The molecule has 30 heavy (non-hydrogen) atoms. The summed E-state index contributed by atoms with van der Waals surface area (Å²) in [6.07, 6.45) is 0.310. The number of rotatable bonds is 6. The molecule has 3 aromatic rings. The van der Waals surface area contributed by atoms with Gasteiger partial charge in [0.15, 0.2) is 0 Å². The van der Waals surface area contributed by atoms with Crippen molar-refractivity contribution in [3.63, 3.8) is 0 Å². The van der Waals surface area contributed by atoms with E-state index in [0.717, 1.165) is 14.2 Å². The van der Waals surface area contributed by atoms with Crippen molar-refractivity contribution < 1.29 is 14.3 Å². The number of hydrogen-bond acceptors (Lipinski definition) is 7. The van der Waals surface area contributed by atoms with Crippen molar-refractivity contribution in [3.8, 4) is 5.69 Å². The van der Waals surface area contributed by atoms with E-state index in [1.165, 1.54) is 11.3 Å². The van der Waals surface area contributed by atoms with E-state index in [-0.39, 0.29) is 18.4 Å². The number of carbonyl (C=O) groups excluding carboxylic acids is 2. The second kappa shape index (κ2) is 9.01. The normalized spacial score (nSPS) is 13.9. The van der Waals surface area contributed by atoms with Gasteiger partial charge in [0.25, 0.3) is 0 Å². The molecule has 1 aromatic carbocycles. The second-order valence-corrected chi connectivity index (χ2v) is 7.71. The molecule has 0 aliphatic carbocycles. The molecule has 0 bridgehead atoms. The molecule has 1 aliphatic heterocycles. The van der Waals surface area contributed by atoms with E-state index in [2.05, 4.69) is 15.7 Å². The fourth-order valence-corrected chi connectivity index (χ4v) is 3.74. The summed E-state index contributed by atoms with van der Waals surface area (Å²) >= 11 is 1.53. The minimum atomic E-state index is -0.508. The van der Waals surface area contributed by atoms with Crippen molar-refractivity contribution in [3.05, 3.63) is 57.1 Å². The first-order chi connectivity index (χ1) is 14.6. The van der Waals surface area contributed by atoms with Gasteiger partial charge >= 0.3 is 5.69 Å². The lowest BCUT2D eigenvalue weighted by Crippen LogP contribution is -2.43. The van der Waals surface area contributed by atoms with Crippen LogP contribution < -0.4 is 11.0 Å². The molecule has 0 unspecified atom stereocenters. The molecule has 1 N–H and O–H groups in total. The van der Waals surface area contributed by atoms with Gasteiger partial charge in [-0.1, -0.05) is 6.07 Å². The lowest BCUT2D eigenvalue weighted by atomic mass is 10.2. The number of morpholine rings is 1. The topological polar surface area (TPSA) is 111 Å². The third kappa shape index (κ3) is 4.63. The summed E-state index contributed by atoms with van der Waals surface area (Å²) in [7, 11) is 0. The number of nitrogens with zero attached hydrogens (tertiary/aromatic N) is 5. The fraction of sp³-hybridized carbons (Fsp3) is 0.316. The Balaban J connectivity index is 1.40. The maximum Gasteiger partial charge on any atom is 0.368 e. The lowest BCUT2D eigenvalue weighted by molar-refractivity contribution is -0.136. The van der Waals surface area contributed by atoms with Gasteiger partial charge in [0, 0.05) is 23.7 Å². The highest BCUT2D eigenvalue weighted by molar-refractivity contribution is 7.10. The molecule has 0 spiro atoms. The van der Waals surface area contributed by atoms with Gasteiger partial charge in [-0.3, -0.25) is 9.59 Å². The minimum Gasteiger partial charge on any atom is -0.378 e. The molecular formula is C19H20N6O4S. The van der Waals surface area contributed by atoms with Crippen LogP contribution in [0.25, 0.3) is 5.69 Å². The van der Waals surface area contributed by atoms with Crippen molar-refractivity contribution in [2.24, 2.45) is 0 Å². The van der Waals surface area contributed by atoms with Crippen LogP contribution in [0.5, 0.6) is 0 Å². The average molecular weight is 428 g/mol. The first-order valence-electron chi connectivity index (χ1n) is 9.41. The molecule has 156 valence electrons. The minimum absolute atomic E-state index is 0.116. The molecule has 4 rings (SSSR count). The first kappa shape index (κ1) is 20.0. The lowest BCUT2D eigenvalue weighted by Gasteiger charge is -2.26. The molecule has 10 nitrogen and oxygen atoms in total. The third-order valence-electron chi connectivity index (χ3n) is 4.60. The maximum atomic E-state index is 12.6. The predicted octanol–water partition coefficient (Wildman–Crippen LogP) is 0.530. The van der Waals surface area contributed by atoms with Crippen LogP contribution in [0.3, 0.4) is 0 Å². The number of nitrogens with one attached hydrogen (secondary N) is 1. The van der Waals surface area contributed by atoms with E-state index in [4.69, 9.17) is 4.74 Å². The highest BCUT2D eigenvalue weighted by Crippen LogP contribution is 2.14. The van der Waals surface area contributed by atoms with E-state index in [0.29, 0.717) is 44.1 Å². The second-order valence-electron chi connectivity index (χ2n) is 6.68. The Labute approximate surface area is 175 Å². The summed E-state index contributed by atoms with van der Waals surface area (Å²) < 4.78 is 7.38. The highest BCUT2D eigenvalue weighted by Gasteiger charge is 2.19. The zero-order chi connectivity index (χ0) is 20.9. The summed E-state index contributed by atoms with van der Waals surface area (Å²) in [5.41, 5.74) is 0.593. The average Bonchev–Trinajstić information content (AvgIpc) is 3.39. The fourth-order valence-electron chi connectivity index (χ4n) is 3.04. The van der Waals surface area contributed by atoms with Crippen molar-refractivity contribution in [2.75, 3.05) is 31.6 Å². The van der Waals surface area contributed by atoms with Crippen LogP contribution in [-0.2, 0) is 27.3 Å². The number of aromatic nitrogens is 4. The van der Waals surface area contributed by atoms with Gasteiger partial charge in [-0.05, 0) is 46.1 Å². The Bertz CT molecular complexity index is 1070. The molecular weight excluding hydrogens is 408 g/mol. The monoisotopic (exact) mass is 428 g/mol. The van der Waals surface area contributed by atoms with Crippen LogP contribution in [0.4, 0.5) is 5.69 Å². The zero-order valence-electron chi connectivity index (χ0n) is 16.1. The molecule has 1 aliphatic rings. The zero-order valence-corrected chi connectivity index (χ0v) is 16.9. The molecule has 2 aromatic heterocycles. The third-order valence-corrected chi connectivity index (χ3v) is 5.48. The van der Waals surface area contributed by atoms with Crippen LogP contribution in [0, 0.1) is 0 Å². The predicted molar refractivity (Wildman–Crippen MR) is 110 cm³/mol. The summed E-state index contributed by atoms with van der Waals surface area (Å²) in [6, 6.07) is 10.5. The Hall–Kier alpha value is -3.31. The standard InChI is InChI=1S/C19H20N6O4S/c26-17(12-16-2-1-11-30-16)20-14-3-5-15(6-4-14)25-19(28)24(21-22-25)13-18(27)23-7-9-29-10-8-23/h1-6,11H,7-10,12-13H2,(H,20,26). The SMILES string of the molecule is O=C(Cc1cccs1)Nc1ccc(-n2nnn(CC(=O)N3CCOCC3)c2=O)cc1. The van der Waals surface area contributed by atoms with Gasteiger partial charge < -0.3 is 15.0 Å². The molecule has 2 amide bonds. The number of hydrogen-bond donors (Lipinski definition) is 1. The van der Waals surface area contributed by atoms with Gasteiger partial charge in [0.2, 0.25) is 11.8 Å². The van der Waals surface area contributed by atoms with Crippen molar-refractivity contribution in [1.82, 2.24) is 24.7 Å². The molecule has 1 fully saturated rings. The number of carbonyl (C=O) groups is 2. The van der Waals surface area contributed by atoms with Gasteiger partial charge in [-0.2, -0.15) is 9.36 Å². The summed E-state index contributed by atoms with van der Waals surface area (Å²) in [6.45, 7) is 1.81. The molecule has 3 heterocycles. The Morgan fingerprint density at radius 2 is 1.87 bits per heavy atom. The van der Waals surface area contributed by atoms with Gasteiger partial charge in [0.05, 0.1) is 25.3 Å². The smallest absolute Gasteiger partial charge is 0.368 e. The molecule has 0 radical (unpaired) electrons. The van der Waals surface area contributed by atoms with Crippen molar-refractivity contribution in [1.29, 1.82) is 0 Å². The van der Waals surface area contributed by atoms with E-state index < -0.39 is 5.69 Å². The van der Waals surface area contributed by atoms with E-state index in [1.807, 2.05) is 17.5 Å². The quantitative estimate of drug-likeness (QED) is 0.613. The van der Waals surface area contributed by atoms with Gasteiger partial charge in [-0.15, -0.1) is 11.3 Å². The number of benzene rings is 1. The van der Waals surface area contributed by atoms with E-state index in [9.17, 15) is 14.4 Å². The number of thiophene rings is 1. The summed E-state index contributed by atoms with van der Waals surface area (Å²) in [4.78, 5) is 39.6. The summed E-state index contributed by atoms with van der Waals surface area (Å²) in [5.74, 6) is -0.314. The summed E-state index contributed by atoms with van der Waals surface area (Å²) in [5, 5.41) is 12.4. The number of ether oxygens (including phenoxy) is 1. The molecule has 0 atom stereocenters. The van der Waals surface area contributed by atoms with Gasteiger partial charge in [0.1, 0.15) is 6.54 Å². The van der Waals surface area contributed by atoms with Crippen LogP contribution in [0.1, 0.15) is 4.88 Å². The molecule has 11 heteroatoms. The number of tetrazole rings is 1. The van der Waals surface area contributed by atoms with Crippen LogP contribution in [-0.4, -0.2) is 62.8 Å².